The molecule has 96 valence electrons. The van der Waals surface area contributed by atoms with Gasteiger partial charge in [0.2, 0.25) is 5.91 Å². The maximum atomic E-state index is 11.7. The summed E-state index contributed by atoms with van der Waals surface area (Å²) in [7, 11) is 0. The molecule has 1 amide bonds. The molecule has 1 aliphatic carbocycles. The number of benzene rings is 1. The zero-order chi connectivity index (χ0) is 12.8. The van der Waals surface area contributed by atoms with Crippen molar-refractivity contribution in [1.29, 1.82) is 0 Å². The number of amides is 1. The van der Waals surface area contributed by atoms with E-state index in [1.807, 2.05) is 30.3 Å². The van der Waals surface area contributed by atoms with Gasteiger partial charge in [-0.15, -0.1) is 0 Å². The Kier molecular flexibility index (Phi) is 4.53. The predicted octanol–water partition coefficient (Wildman–Crippen LogP) is 2.19. The molecule has 0 fully saturated rings. The predicted molar refractivity (Wildman–Crippen MR) is 70.9 cm³/mol. The number of hydrogen-bond donors (Lipinski definition) is 2. The summed E-state index contributed by atoms with van der Waals surface area (Å²) in [6.07, 6.45) is 6.26. The number of hydrogen-bond acceptors (Lipinski definition) is 2. The number of allylic oxidation sites excluding steroid dienone is 2. The lowest BCUT2D eigenvalue weighted by atomic mass is 10.0. The number of aliphatic hydroxyl groups excluding tert-OH is 1. The highest BCUT2D eigenvalue weighted by molar-refractivity contribution is 5.76. The van der Waals surface area contributed by atoms with Gasteiger partial charge in [0, 0.05) is 13.0 Å². The number of carbonyl (C=O) groups is 1. The third kappa shape index (κ3) is 3.70. The minimum atomic E-state index is -0.630. The summed E-state index contributed by atoms with van der Waals surface area (Å²) in [5, 5.41) is 12.7. The number of rotatable bonds is 5. The van der Waals surface area contributed by atoms with Gasteiger partial charge in [0.1, 0.15) is 0 Å². The van der Waals surface area contributed by atoms with Crippen molar-refractivity contribution < 1.29 is 9.90 Å². The van der Waals surface area contributed by atoms with Crippen molar-refractivity contribution in [2.75, 3.05) is 6.54 Å². The molecule has 0 heterocycles. The first-order chi connectivity index (χ1) is 8.75. The highest BCUT2D eigenvalue weighted by Crippen LogP contribution is 2.20. The van der Waals surface area contributed by atoms with Crippen LogP contribution in [0.2, 0.25) is 0 Å². The fraction of sp³-hybridized carbons (Fsp3) is 0.400. The minimum absolute atomic E-state index is 0.0153. The summed E-state index contributed by atoms with van der Waals surface area (Å²) in [5.74, 6) is 0.389. The molecule has 3 heteroatoms. The van der Waals surface area contributed by atoms with Gasteiger partial charge in [-0.2, -0.15) is 0 Å². The highest BCUT2D eigenvalue weighted by atomic mass is 16.3. The van der Waals surface area contributed by atoms with Crippen molar-refractivity contribution >= 4 is 5.91 Å². The average molecular weight is 245 g/mol. The van der Waals surface area contributed by atoms with Gasteiger partial charge in [-0.25, -0.2) is 0 Å². The van der Waals surface area contributed by atoms with Crippen LogP contribution in [0.3, 0.4) is 0 Å². The van der Waals surface area contributed by atoms with E-state index < -0.39 is 6.10 Å². The third-order valence-corrected chi connectivity index (χ3v) is 3.24. The summed E-state index contributed by atoms with van der Waals surface area (Å²) in [4.78, 5) is 11.7. The molecule has 2 N–H and O–H groups in total. The lowest BCUT2D eigenvalue weighted by molar-refractivity contribution is -0.122. The van der Waals surface area contributed by atoms with Gasteiger partial charge in [-0.1, -0.05) is 42.5 Å². The average Bonchev–Trinajstić information content (AvgIpc) is 2.90. The Morgan fingerprint density at radius 2 is 2.17 bits per heavy atom. The van der Waals surface area contributed by atoms with Crippen molar-refractivity contribution in [3.05, 3.63) is 48.0 Å². The van der Waals surface area contributed by atoms with Gasteiger partial charge < -0.3 is 10.4 Å². The number of carbonyl (C=O) groups excluding carboxylic acids is 1. The molecule has 0 spiro atoms. The summed E-state index contributed by atoms with van der Waals surface area (Å²) in [6.45, 7) is 0.277. The van der Waals surface area contributed by atoms with Gasteiger partial charge in [0.05, 0.1) is 6.10 Å². The summed E-state index contributed by atoms with van der Waals surface area (Å²) >= 11 is 0. The minimum Gasteiger partial charge on any atom is -0.387 e. The molecular formula is C15H19NO2. The summed E-state index contributed by atoms with van der Waals surface area (Å²) < 4.78 is 0. The van der Waals surface area contributed by atoms with Crippen LogP contribution in [0.25, 0.3) is 0 Å². The van der Waals surface area contributed by atoms with E-state index in [1.54, 1.807) is 0 Å². The standard InChI is InChI=1S/C15H19NO2/c17-14(13-8-2-1-3-9-13)11-16-15(18)10-12-6-4-5-7-12/h1-4,6,8-9,12,14,17H,5,7,10-11H2,(H,16,18). The second-order valence-corrected chi connectivity index (χ2v) is 4.70. The third-order valence-electron chi connectivity index (χ3n) is 3.24. The topological polar surface area (TPSA) is 49.3 Å². The van der Waals surface area contributed by atoms with E-state index in [0.29, 0.717) is 12.3 Å². The monoisotopic (exact) mass is 245 g/mol. The molecule has 2 unspecified atom stereocenters. The van der Waals surface area contributed by atoms with Crippen molar-refractivity contribution in [1.82, 2.24) is 5.32 Å². The van der Waals surface area contributed by atoms with Gasteiger partial charge in [0.25, 0.3) is 0 Å². The van der Waals surface area contributed by atoms with E-state index in [-0.39, 0.29) is 12.5 Å². The summed E-state index contributed by atoms with van der Waals surface area (Å²) in [5.41, 5.74) is 0.832. The Bertz CT molecular complexity index is 414. The van der Waals surface area contributed by atoms with E-state index in [9.17, 15) is 9.90 Å². The van der Waals surface area contributed by atoms with Crippen LogP contribution < -0.4 is 5.32 Å². The number of nitrogens with one attached hydrogen (secondary N) is 1. The van der Waals surface area contributed by atoms with Crippen molar-refractivity contribution in [3.8, 4) is 0 Å². The first-order valence-corrected chi connectivity index (χ1v) is 6.42. The molecule has 0 radical (unpaired) electrons. The molecule has 1 aromatic carbocycles. The maximum Gasteiger partial charge on any atom is 0.220 e. The fourth-order valence-corrected chi connectivity index (χ4v) is 2.18. The molecule has 1 aromatic rings. The van der Waals surface area contributed by atoms with Crippen LogP contribution in [0.15, 0.2) is 42.5 Å². The van der Waals surface area contributed by atoms with E-state index in [4.69, 9.17) is 0 Å². The molecule has 0 saturated carbocycles. The summed E-state index contributed by atoms with van der Waals surface area (Å²) in [6, 6.07) is 9.38. The molecule has 0 aliphatic heterocycles. The molecule has 3 nitrogen and oxygen atoms in total. The second kappa shape index (κ2) is 6.36. The Morgan fingerprint density at radius 3 is 2.83 bits per heavy atom. The Morgan fingerprint density at radius 1 is 1.39 bits per heavy atom. The van der Waals surface area contributed by atoms with Gasteiger partial charge in [0.15, 0.2) is 0 Å². The smallest absolute Gasteiger partial charge is 0.220 e. The van der Waals surface area contributed by atoms with Crippen molar-refractivity contribution in [2.45, 2.75) is 25.4 Å². The van der Waals surface area contributed by atoms with E-state index in [1.165, 1.54) is 0 Å². The van der Waals surface area contributed by atoms with Crippen LogP contribution in [0.1, 0.15) is 30.9 Å². The Hall–Kier alpha value is -1.61. The SMILES string of the molecule is O=C(CC1C=CCC1)NCC(O)c1ccccc1. The Labute approximate surface area is 108 Å². The maximum absolute atomic E-state index is 11.7. The van der Waals surface area contributed by atoms with Crippen LogP contribution in [-0.4, -0.2) is 17.6 Å². The van der Waals surface area contributed by atoms with Crippen LogP contribution in [-0.2, 0) is 4.79 Å². The van der Waals surface area contributed by atoms with E-state index in [0.717, 1.165) is 18.4 Å². The molecular weight excluding hydrogens is 226 g/mol. The lowest BCUT2D eigenvalue weighted by Crippen LogP contribution is -2.29. The fourth-order valence-electron chi connectivity index (χ4n) is 2.18. The molecule has 0 aromatic heterocycles. The zero-order valence-corrected chi connectivity index (χ0v) is 10.4. The normalized spacial score (nSPS) is 19.7. The largest absolute Gasteiger partial charge is 0.387 e. The van der Waals surface area contributed by atoms with Crippen molar-refractivity contribution in [3.63, 3.8) is 0 Å². The molecule has 1 aliphatic rings. The molecule has 0 bridgehead atoms. The van der Waals surface area contributed by atoms with Crippen LogP contribution in [0, 0.1) is 5.92 Å². The zero-order valence-electron chi connectivity index (χ0n) is 10.4. The quantitative estimate of drug-likeness (QED) is 0.781. The van der Waals surface area contributed by atoms with Crippen molar-refractivity contribution in [2.24, 2.45) is 5.92 Å². The first kappa shape index (κ1) is 12.8. The van der Waals surface area contributed by atoms with Crippen LogP contribution in [0.5, 0.6) is 0 Å². The van der Waals surface area contributed by atoms with E-state index in [2.05, 4.69) is 17.5 Å². The molecule has 18 heavy (non-hydrogen) atoms. The second-order valence-electron chi connectivity index (χ2n) is 4.70. The molecule has 0 saturated heterocycles. The van der Waals surface area contributed by atoms with Gasteiger partial charge in [-0.05, 0) is 24.3 Å². The highest BCUT2D eigenvalue weighted by Gasteiger charge is 2.15. The molecule has 2 atom stereocenters. The number of aliphatic hydroxyl groups is 1. The lowest BCUT2D eigenvalue weighted by Gasteiger charge is -2.13. The van der Waals surface area contributed by atoms with Crippen LogP contribution >= 0.6 is 0 Å². The first-order valence-electron chi connectivity index (χ1n) is 6.42. The van der Waals surface area contributed by atoms with Crippen LogP contribution in [0.4, 0.5) is 0 Å². The van der Waals surface area contributed by atoms with E-state index >= 15 is 0 Å². The molecule has 2 rings (SSSR count). The van der Waals surface area contributed by atoms with Gasteiger partial charge in [-0.3, -0.25) is 4.79 Å². The Balaban J connectivity index is 1.74. The van der Waals surface area contributed by atoms with Gasteiger partial charge >= 0.3 is 0 Å².